The van der Waals surface area contributed by atoms with Crippen LogP contribution >= 0.6 is 0 Å². The van der Waals surface area contributed by atoms with E-state index in [0.29, 0.717) is 34.4 Å². The Morgan fingerprint density at radius 1 is 1.21 bits per heavy atom. The highest BCUT2D eigenvalue weighted by Gasteiger charge is 2.16. The van der Waals surface area contributed by atoms with Crippen LogP contribution in [0.5, 0.6) is 0 Å². The molecule has 0 bridgehead atoms. The predicted molar refractivity (Wildman–Crippen MR) is 91.5 cm³/mol. The van der Waals surface area contributed by atoms with Gasteiger partial charge in [-0.05, 0) is 30.7 Å². The molecule has 5 heteroatoms. The molecule has 24 heavy (non-hydrogen) atoms. The number of halogens is 1. The summed E-state index contributed by atoms with van der Waals surface area (Å²) in [7, 11) is 0. The Balaban J connectivity index is 2.09. The second-order valence-electron chi connectivity index (χ2n) is 5.62. The number of rotatable bonds is 5. The van der Waals surface area contributed by atoms with Crippen molar-refractivity contribution in [1.82, 2.24) is 4.98 Å². The number of carbonyl (C=O) groups is 1. The summed E-state index contributed by atoms with van der Waals surface area (Å²) >= 11 is 0. The SMILES string of the molecule is Cc1nc2ccc(F)cc2c(NCc2ccccc2)c1CC(=O)O. The van der Waals surface area contributed by atoms with Crippen LogP contribution in [0.2, 0.25) is 0 Å². The Bertz CT molecular complexity index is 895. The standard InChI is InChI=1S/C19H17FN2O2/c1-12-15(10-18(23)24)19(21-11-13-5-3-2-4-6-13)16-9-14(20)7-8-17(16)22-12/h2-9H,10-11H2,1H3,(H,21,22)(H,23,24). The minimum atomic E-state index is -0.946. The van der Waals surface area contributed by atoms with Crippen LogP contribution in [0.15, 0.2) is 48.5 Å². The molecule has 0 unspecified atom stereocenters. The van der Waals surface area contributed by atoms with E-state index in [-0.39, 0.29) is 12.2 Å². The summed E-state index contributed by atoms with van der Waals surface area (Å²) < 4.78 is 13.7. The molecule has 3 rings (SSSR count). The molecule has 0 spiro atoms. The first kappa shape index (κ1) is 15.9. The number of aryl methyl sites for hydroxylation is 1. The lowest BCUT2D eigenvalue weighted by atomic mass is 10.0. The number of nitrogens with zero attached hydrogens (tertiary/aromatic N) is 1. The molecule has 1 heterocycles. The van der Waals surface area contributed by atoms with Crippen LogP contribution in [0, 0.1) is 12.7 Å². The zero-order valence-corrected chi connectivity index (χ0v) is 13.2. The van der Waals surface area contributed by atoms with Crippen LogP contribution in [0.1, 0.15) is 16.8 Å². The average Bonchev–Trinajstić information content (AvgIpc) is 2.56. The third-order valence-corrected chi connectivity index (χ3v) is 3.89. The molecule has 0 aliphatic rings. The third-order valence-electron chi connectivity index (χ3n) is 3.89. The highest BCUT2D eigenvalue weighted by atomic mass is 19.1. The molecule has 0 radical (unpaired) electrons. The van der Waals surface area contributed by atoms with Crippen molar-refractivity contribution in [2.75, 3.05) is 5.32 Å². The fourth-order valence-corrected chi connectivity index (χ4v) is 2.75. The van der Waals surface area contributed by atoms with Crippen LogP contribution in [-0.4, -0.2) is 16.1 Å². The minimum absolute atomic E-state index is 0.164. The molecule has 0 aliphatic carbocycles. The van der Waals surface area contributed by atoms with Crippen molar-refractivity contribution in [3.63, 3.8) is 0 Å². The second-order valence-corrected chi connectivity index (χ2v) is 5.62. The van der Waals surface area contributed by atoms with Crippen LogP contribution in [0.4, 0.5) is 10.1 Å². The molecule has 122 valence electrons. The van der Waals surface area contributed by atoms with E-state index in [1.54, 1.807) is 13.0 Å². The Morgan fingerprint density at radius 3 is 2.67 bits per heavy atom. The molecule has 0 fully saturated rings. The molecule has 3 aromatic rings. The average molecular weight is 324 g/mol. The Hall–Kier alpha value is -2.95. The van der Waals surface area contributed by atoms with Gasteiger partial charge in [0.1, 0.15) is 5.82 Å². The van der Waals surface area contributed by atoms with Crippen LogP contribution in [0.3, 0.4) is 0 Å². The lowest BCUT2D eigenvalue weighted by molar-refractivity contribution is -0.136. The molecule has 4 nitrogen and oxygen atoms in total. The van der Waals surface area contributed by atoms with Gasteiger partial charge in [-0.25, -0.2) is 4.39 Å². The summed E-state index contributed by atoms with van der Waals surface area (Å²) in [5.41, 5.74) is 3.53. The van der Waals surface area contributed by atoms with E-state index in [0.717, 1.165) is 5.56 Å². The molecule has 0 saturated carbocycles. The predicted octanol–water partition coefficient (Wildman–Crippen LogP) is 3.92. The van der Waals surface area contributed by atoms with E-state index in [1.807, 2.05) is 30.3 Å². The van der Waals surface area contributed by atoms with Gasteiger partial charge in [-0.15, -0.1) is 0 Å². The van der Waals surface area contributed by atoms with Gasteiger partial charge in [0, 0.05) is 28.9 Å². The van der Waals surface area contributed by atoms with E-state index in [9.17, 15) is 14.3 Å². The Morgan fingerprint density at radius 2 is 1.96 bits per heavy atom. The van der Waals surface area contributed by atoms with Gasteiger partial charge in [-0.2, -0.15) is 0 Å². The number of hydrogen-bond acceptors (Lipinski definition) is 3. The van der Waals surface area contributed by atoms with Crippen molar-refractivity contribution in [2.45, 2.75) is 19.9 Å². The maximum atomic E-state index is 13.7. The molecule has 0 aliphatic heterocycles. The van der Waals surface area contributed by atoms with Gasteiger partial charge in [0.2, 0.25) is 0 Å². The van der Waals surface area contributed by atoms with Crippen LogP contribution < -0.4 is 5.32 Å². The first-order chi connectivity index (χ1) is 11.5. The number of nitrogens with one attached hydrogen (secondary N) is 1. The molecular weight excluding hydrogens is 307 g/mol. The van der Waals surface area contributed by atoms with Crippen molar-refractivity contribution in [3.05, 3.63) is 71.2 Å². The van der Waals surface area contributed by atoms with Crippen LogP contribution in [-0.2, 0) is 17.8 Å². The number of carboxylic acids is 1. The van der Waals surface area contributed by atoms with Gasteiger partial charge in [-0.1, -0.05) is 30.3 Å². The quantitative estimate of drug-likeness (QED) is 0.747. The number of aliphatic carboxylic acids is 1. The van der Waals surface area contributed by atoms with E-state index in [1.165, 1.54) is 12.1 Å². The fraction of sp³-hybridized carbons (Fsp3) is 0.158. The molecule has 0 amide bonds. The summed E-state index contributed by atoms with van der Waals surface area (Å²) in [5, 5.41) is 13.1. The topological polar surface area (TPSA) is 62.2 Å². The van der Waals surface area contributed by atoms with Gasteiger partial charge >= 0.3 is 5.97 Å². The van der Waals surface area contributed by atoms with Gasteiger partial charge in [0.05, 0.1) is 11.9 Å². The molecule has 1 aromatic heterocycles. The van der Waals surface area contributed by atoms with E-state index >= 15 is 0 Å². The van der Waals surface area contributed by atoms with E-state index in [4.69, 9.17) is 0 Å². The van der Waals surface area contributed by atoms with E-state index in [2.05, 4.69) is 10.3 Å². The molecule has 2 N–H and O–H groups in total. The smallest absolute Gasteiger partial charge is 0.307 e. The van der Waals surface area contributed by atoms with Crippen molar-refractivity contribution in [1.29, 1.82) is 0 Å². The molecular formula is C19H17FN2O2. The Labute approximate surface area is 139 Å². The number of benzene rings is 2. The number of pyridine rings is 1. The Kier molecular flexibility index (Phi) is 4.42. The fourth-order valence-electron chi connectivity index (χ4n) is 2.75. The highest BCUT2D eigenvalue weighted by molar-refractivity contribution is 5.94. The zero-order valence-electron chi connectivity index (χ0n) is 13.2. The number of fused-ring (bicyclic) bond motifs is 1. The van der Waals surface area contributed by atoms with Gasteiger partial charge in [0.15, 0.2) is 0 Å². The van der Waals surface area contributed by atoms with Crippen molar-refractivity contribution in [3.8, 4) is 0 Å². The monoisotopic (exact) mass is 324 g/mol. The lowest BCUT2D eigenvalue weighted by Crippen LogP contribution is -2.10. The minimum Gasteiger partial charge on any atom is -0.481 e. The van der Waals surface area contributed by atoms with Crippen molar-refractivity contribution < 1.29 is 14.3 Å². The summed E-state index contributed by atoms with van der Waals surface area (Å²) in [4.78, 5) is 15.6. The number of anilines is 1. The third kappa shape index (κ3) is 3.35. The van der Waals surface area contributed by atoms with E-state index < -0.39 is 5.97 Å². The first-order valence-corrected chi connectivity index (χ1v) is 7.63. The van der Waals surface area contributed by atoms with Gasteiger partial charge < -0.3 is 10.4 Å². The zero-order chi connectivity index (χ0) is 17.1. The number of carboxylic acid groups (broad SMARTS) is 1. The molecule has 0 atom stereocenters. The molecule has 2 aromatic carbocycles. The van der Waals surface area contributed by atoms with Gasteiger partial charge in [-0.3, -0.25) is 9.78 Å². The van der Waals surface area contributed by atoms with Crippen molar-refractivity contribution >= 4 is 22.6 Å². The normalized spacial score (nSPS) is 10.8. The molecule has 0 saturated heterocycles. The maximum Gasteiger partial charge on any atom is 0.307 e. The summed E-state index contributed by atoms with van der Waals surface area (Å²) in [6.07, 6.45) is -0.164. The maximum absolute atomic E-state index is 13.7. The summed E-state index contributed by atoms with van der Waals surface area (Å²) in [5.74, 6) is -1.32. The second kappa shape index (κ2) is 6.66. The lowest BCUT2D eigenvalue weighted by Gasteiger charge is -2.16. The summed E-state index contributed by atoms with van der Waals surface area (Å²) in [6, 6.07) is 14.1. The van der Waals surface area contributed by atoms with Crippen LogP contribution in [0.25, 0.3) is 10.9 Å². The highest BCUT2D eigenvalue weighted by Crippen LogP contribution is 2.30. The largest absolute Gasteiger partial charge is 0.481 e. The van der Waals surface area contributed by atoms with Gasteiger partial charge in [0.25, 0.3) is 0 Å². The summed E-state index contributed by atoms with van der Waals surface area (Å²) in [6.45, 7) is 2.29. The van der Waals surface area contributed by atoms with Crippen molar-refractivity contribution in [2.24, 2.45) is 0 Å². The number of hydrogen-bond donors (Lipinski definition) is 2. The number of aromatic nitrogens is 1. The first-order valence-electron chi connectivity index (χ1n) is 7.63.